The van der Waals surface area contributed by atoms with Gasteiger partial charge in [-0.15, -0.1) is 0 Å². The van der Waals surface area contributed by atoms with Gasteiger partial charge in [0.15, 0.2) is 11.6 Å². The molecular weight excluding hydrogens is 298 g/mol. The van der Waals surface area contributed by atoms with Gasteiger partial charge in [0.1, 0.15) is 18.7 Å². The number of hydrogen-bond donors (Lipinski definition) is 8. The van der Waals surface area contributed by atoms with Crippen LogP contribution < -0.4 is 16.4 Å². The average Bonchev–Trinajstić information content (AvgIpc) is 2.89. The summed E-state index contributed by atoms with van der Waals surface area (Å²) in [4.78, 5) is 12.1. The Morgan fingerprint density at radius 1 is 1.50 bits per heavy atom. The van der Waals surface area contributed by atoms with Gasteiger partial charge in [0.05, 0.1) is 0 Å². The smallest absolute Gasteiger partial charge is 0.404 e. The van der Waals surface area contributed by atoms with E-state index in [2.05, 4.69) is 15.4 Å². The zero-order chi connectivity index (χ0) is 16.3. The van der Waals surface area contributed by atoms with Gasteiger partial charge in [-0.25, -0.2) is 9.86 Å². The molecule has 3 fully saturated rings. The number of carbonyl (C=O) groups is 1. The average molecular weight is 315 g/mol. The lowest BCUT2D eigenvalue weighted by Crippen LogP contribution is -2.80. The Labute approximate surface area is 124 Å². The van der Waals surface area contributed by atoms with Crippen LogP contribution in [0.25, 0.3) is 0 Å². The molecular formula is C10H17N7O5. The quantitative estimate of drug-likeness (QED) is 0.241. The van der Waals surface area contributed by atoms with Crippen molar-refractivity contribution in [3.05, 3.63) is 0 Å². The van der Waals surface area contributed by atoms with E-state index in [1.54, 1.807) is 0 Å². The molecule has 0 aromatic carbocycles. The SMILES string of the molecule is N=C1N[C@H]2[C@H](COC(N)=O)N(O)C(=N)N3CCC(O)(O)[C@]23N1. The van der Waals surface area contributed by atoms with Crippen molar-refractivity contribution in [2.24, 2.45) is 5.73 Å². The summed E-state index contributed by atoms with van der Waals surface area (Å²) < 4.78 is 4.68. The third-order valence-corrected chi connectivity index (χ3v) is 4.35. The van der Waals surface area contributed by atoms with Crippen LogP contribution in [-0.4, -0.2) is 80.1 Å². The third-order valence-electron chi connectivity index (χ3n) is 4.35. The molecule has 0 bridgehead atoms. The van der Waals surface area contributed by atoms with Crippen molar-refractivity contribution in [2.75, 3.05) is 13.2 Å². The van der Waals surface area contributed by atoms with E-state index in [0.717, 1.165) is 0 Å². The van der Waals surface area contributed by atoms with Gasteiger partial charge in [-0.2, -0.15) is 0 Å². The van der Waals surface area contributed by atoms with Crippen LogP contribution in [0.15, 0.2) is 0 Å². The fourth-order valence-corrected chi connectivity index (χ4v) is 3.40. The highest BCUT2D eigenvalue weighted by Crippen LogP contribution is 2.44. The van der Waals surface area contributed by atoms with Crippen molar-refractivity contribution in [1.82, 2.24) is 20.6 Å². The number of nitrogens with one attached hydrogen (secondary N) is 4. The van der Waals surface area contributed by atoms with Gasteiger partial charge in [0.2, 0.25) is 11.7 Å². The first-order valence-corrected chi connectivity index (χ1v) is 6.55. The maximum absolute atomic E-state index is 10.8. The fourth-order valence-electron chi connectivity index (χ4n) is 3.40. The lowest BCUT2D eigenvalue weighted by atomic mass is 9.86. The molecule has 0 aliphatic carbocycles. The maximum atomic E-state index is 10.8. The Balaban J connectivity index is 2.03. The number of ether oxygens (including phenoxy) is 1. The molecule has 122 valence electrons. The number of carbonyl (C=O) groups excluding carboxylic acids is 1. The van der Waals surface area contributed by atoms with Gasteiger partial charge in [-0.3, -0.25) is 16.0 Å². The summed E-state index contributed by atoms with van der Waals surface area (Å²) >= 11 is 0. The third kappa shape index (κ3) is 1.65. The zero-order valence-corrected chi connectivity index (χ0v) is 11.4. The molecule has 0 saturated carbocycles. The Kier molecular flexibility index (Phi) is 2.89. The van der Waals surface area contributed by atoms with Gasteiger partial charge in [0.25, 0.3) is 0 Å². The minimum absolute atomic E-state index is 0.0880. The van der Waals surface area contributed by atoms with E-state index in [0.29, 0.717) is 5.06 Å². The van der Waals surface area contributed by atoms with Gasteiger partial charge < -0.3 is 36.2 Å². The standard InChI is InChI=1S/C10H17N7O5/c11-6-14-5-4(3-22-8(13)18)17(21)7(12)16-2-1-9(19,20)10(5,16)15-6/h4-5,12,19-21H,1-3H2,(H2,13,18)(H3,11,14,15)/t4-,5-,10-/m0/s1. The normalized spacial score (nSPS) is 35.6. The van der Waals surface area contributed by atoms with E-state index in [4.69, 9.17) is 16.6 Å². The molecule has 0 aromatic heterocycles. The summed E-state index contributed by atoms with van der Waals surface area (Å²) in [7, 11) is 0. The summed E-state index contributed by atoms with van der Waals surface area (Å²) in [5.41, 5.74) is 3.29. The van der Waals surface area contributed by atoms with Gasteiger partial charge in [0, 0.05) is 13.0 Å². The Morgan fingerprint density at radius 2 is 2.18 bits per heavy atom. The molecule has 12 heteroatoms. The molecule has 22 heavy (non-hydrogen) atoms. The van der Waals surface area contributed by atoms with Crippen LogP contribution in [0.4, 0.5) is 4.79 Å². The molecule has 12 nitrogen and oxygen atoms in total. The van der Waals surface area contributed by atoms with Crippen LogP contribution in [0.1, 0.15) is 6.42 Å². The molecule has 3 heterocycles. The Hall–Kier alpha value is -2.31. The van der Waals surface area contributed by atoms with E-state index >= 15 is 0 Å². The number of nitrogens with zero attached hydrogens (tertiary/aromatic N) is 2. The van der Waals surface area contributed by atoms with Crippen LogP contribution in [-0.2, 0) is 4.74 Å². The summed E-state index contributed by atoms with van der Waals surface area (Å²) in [6.45, 7) is -0.308. The highest BCUT2D eigenvalue weighted by atomic mass is 16.6. The molecule has 1 amide bonds. The van der Waals surface area contributed by atoms with Gasteiger partial charge in [-0.05, 0) is 0 Å². The second-order valence-corrected chi connectivity index (χ2v) is 5.47. The second kappa shape index (κ2) is 4.34. The summed E-state index contributed by atoms with van der Waals surface area (Å²) in [5.74, 6) is -2.86. The monoisotopic (exact) mass is 315 g/mol. The van der Waals surface area contributed by atoms with E-state index in [9.17, 15) is 20.2 Å². The molecule has 3 rings (SSSR count). The number of amides is 1. The van der Waals surface area contributed by atoms with Gasteiger partial charge in [-0.1, -0.05) is 0 Å². The molecule has 0 aromatic rings. The van der Waals surface area contributed by atoms with Crippen LogP contribution in [0.2, 0.25) is 0 Å². The number of aliphatic hydroxyl groups is 2. The van der Waals surface area contributed by atoms with Crippen LogP contribution in [0.3, 0.4) is 0 Å². The van der Waals surface area contributed by atoms with Gasteiger partial charge >= 0.3 is 6.09 Å². The molecule has 9 N–H and O–H groups in total. The summed E-state index contributed by atoms with van der Waals surface area (Å²) in [6, 6.07) is -1.97. The minimum Gasteiger partial charge on any atom is -0.447 e. The molecule has 0 unspecified atom stereocenters. The summed E-state index contributed by atoms with van der Waals surface area (Å²) in [6.07, 6.45) is -1.16. The van der Waals surface area contributed by atoms with Crippen molar-refractivity contribution in [2.45, 2.75) is 30.0 Å². The summed E-state index contributed by atoms with van der Waals surface area (Å²) in [5, 5.41) is 52.4. The molecule has 3 aliphatic heterocycles. The van der Waals surface area contributed by atoms with E-state index in [-0.39, 0.29) is 18.9 Å². The first kappa shape index (κ1) is 14.6. The van der Waals surface area contributed by atoms with Crippen molar-refractivity contribution < 1.29 is 25.0 Å². The lowest BCUT2D eigenvalue weighted by Gasteiger charge is -2.53. The van der Waals surface area contributed by atoms with Crippen LogP contribution in [0, 0.1) is 10.8 Å². The zero-order valence-electron chi connectivity index (χ0n) is 11.4. The van der Waals surface area contributed by atoms with Crippen molar-refractivity contribution in [3.63, 3.8) is 0 Å². The second-order valence-electron chi connectivity index (χ2n) is 5.47. The van der Waals surface area contributed by atoms with Crippen LogP contribution >= 0.6 is 0 Å². The molecule has 3 atom stereocenters. The lowest BCUT2D eigenvalue weighted by molar-refractivity contribution is -0.241. The first-order chi connectivity index (χ1) is 10.2. The number of hydrogen-bond acceptors (Lipinski definition) is 7. The molecule has 3 aliphatic rings. The predicted octanol–water partition coefficient (Wildman–Crippen LogP) is -3.33. The molecule has 1 spiro atoms. The highest BCUT2D eigenvalue weighted by Gasteiger charge is 2.72. The van der Waals surface area contributed by atoms with Crippen molar-refractivity contribution >= 4 is 18.0 Å². The fraction of sp³-hybridized carbons (Fsp3) is 0.700. The van der Waals surface area contributed by atoms with Crippen molar-refractivity contribution in [1.29, 1.82) is 10.8 Å². The van der Waals surface area contributed by atoms with Crippen molar-refractivity contribution in [3.8, 4) is 0 Å². The topological polar surface area (TPSA) is 191 Å². The number of nitrogens with two attached hydrogens (primary N) is 1. The van der Waals surface area contributed by atoms with E-state index in [1.165, 1.54) is 4.90 Å². The van der Waals surface area contributed by atoms with E-state index < -0.39 is 42.2 Å². The highest BCUT2D eigenvalue weighted by molar-refractivity contribution is 5.86. The Morgan fingerprint density at radius 3 is 2.82 bits per heavy atom. The molecule has 3 saturated heterocycles. The van der Waals surface area contributed by atoms with Crippen LogP contribution in [0.5, 0.6) is 0 Å². The minimum atomic E-state index is -2.26. The largest absolute Gasteiger partial charge is 0.447 e. The number of guanidine groups is 2. The Bertz CT molecular complexity index is 554. The number of rotatable bonds is 2. The predicted molar refractivity (Wildman–Crippen MR) is 69.7 cm³/mol. The number of primary amides is 1. The maximum Gasteiger partial charge on any atom is 0.404 e. The number of hydroxylamine groups is 2. The van der Waals surface area contributed by atoms with E-state index in [1.807, 2.05) is 0 Å². The molecule has 0 radical (unpaired) electrons. The first-order valence-electron chi connectivity index (χ1n) is 6.55.